The summed E-state index contributed by atoms with van der Waals surface area (Å²) < 4.78 is 5.38. The van der Waals surface area contributed by atoms with Crippen molar-refractivity contribution in [2.75, 3.05) is 13.2 Å². The fraction of sp³-hybridized carbons (Fsp3) is 0.471. The van der Waals surface area contributed by atoms with Crippen LogP contribution in [0.15, 0.2) is 36.9 Å². The highest BCUT2D eigenvalue weighted by Crippen LogP contribution is 2.23. The molecule has 0 aliphatic heterocycles. The molecule has 0 unspecified atom stereocenters. The van der Waals surface area contributed by atoms with Crippen molar-refractivity contribution < 1.29 is 14.6 Å². The molecule has 1 saturated carbocycles. The zero-order chi connectivity index (χ0) is 15.1. The van der Waals surface area contributed by atoms with E-state index in [0.29, 0.717) is 24.6 Å². The van der Waals surface area contributed by atoms with Crippen LogP contribution in [-0.2, 0) is 0 Å². The fourth-order valence-electron chi connectivity index (χ4n) is 2.55. The molecule has 1 aromatic carbocycles. The van der Waals surface area contributed by atoms with Gasteiger partial charge in [0.2, 0.25) is 0 Å². The van der Waals surface area contributed by atoms with E-state index >= 15 is 0 Å². The Bertz CT molecular complexity index is 461. The van der Waals surface area contributed by atoms with Gasteiger partial charge >= 0.3 is 0 Å². The minimum Gasteiger partial charge on any atom is -0.490 e. The summed E-state index contributed by atoms with van der Waals surface area (Å²) in [6.07, 6.45) is 5.18. The van der Waals surface area contributed by atoms with Crippen LogP contribution in [0.25, 0.3) is 0 Å². The molecule has 1 aliphatic rings. The predicted molar refractivity (Wildman–Crippen MR) is 82.4 cm³/mol. The summed E-state index contributed by atoms with van der Waals surface area (Å²) in [5.41, 5.74) is 0.636. The van der Waals surface area contributed by atoms with Gasteiger partial charge in [-0.1, -0.05) is 12.7 Å². The zero-order valence-electron chi connectivity index (χ0n) is 12.3. The second kappa shape index (κ2) is 7.84. The molecule has 4 nitrogen and oxygen atoms in total. The SMILES string of the molecule is C=CCOc1ccc(C(=O)NCC2CCC(O)CC2)cc1. The minimum atomic E-state index is -0.153. The molecule has 21 heavy (non-hydrogen) atoms. The smallest absolute Gasteiger partial charge is 0.251 e. The third-order valence-corrected chi connectivity index (χ3v) is 3.85. The maximum absolute atomic E-state index is 12.1. The van der Waals surface area contributed by atoms with Crippen molar-refractivity contribution in [3.8, 4) is 5.75 Å². The zero-order valence-corrected chi connectivity index (χ0v) is 12.3. The van der Waals surface area contributed by atoms with Crippen LogP contribution in [0.3, 0.4) is 0 Å². The Labute approximate surface area is 125 Å². The third-order valence-electron chi connectivity index (χ3n) is 3.85. The van der Waals surface area contributed by atoms with Gasteiger partial charge in [-0.2, -0.15) is 0 Å². The van der Waals surface area contributed by atoms with Gasteiger partial charge in [0.25, 0.3) is 5.91 Å². The Morgan fingerprint density at radius 3 is 2.57 bits per heavy atom. The first kappa shape index (κ1) is 15.6. The normalized spacial score (nSPS) is 21.6. The Balaban J connectivity index is 1.78. The lowest BCUT2D eigenvalue weighted by Crippen LogP contribution is -2.32. The Hall–Kier alpha value is -1.81. The molecule has 1 fully saturated rings. The largest absolute Gasteiger partial charge is 0.490 e. The third kappa shape index (κ3) is 4.90. The topological polar surface area (TPSA) is 58.6 Å². The number of hydrogen-bond donors (Lipinski definition) is 2. The highest BCUT2D eigenvalue weighted by Gasteiger charge is 2.19. The number of carbonyl (C=O) groups is 1. The van der Waals surface area contributed by atoms with Crippen LogP contribution in [0.1, 0.15) is 36.0 Å². The number of nitrogens with one attached hydrogen (secondary N) is 1. The maximum Gasteiger partial charge on any atom is 0.251 e. The Morgan fingerprint density at radius 1 is 1.29 bits per heavy atom. The van der Waals surface area contributed by atoms with Gasteiger partial charge in [-0.25, -0.2) is 0 Å². The van der Waals surface area contributed by atoms with Gasteiger partial charge in [0.15, 0.2) is 0 Å². The van der Waals surface area contributed by atoms with Crippen molar-refractivity contribution in [3.63, 3.8) is 0 Å². The lowest BCUT2D eigenvalue weighted by Gasteiger charge is -2.25. The standard InChI is InChI=1S/C17H23NO3/c1-2-11-21-16-9-5-14(6-10-16)17(20)18-12-13-3-7-15(19)8-4-13/h2,5-6,9-10,13,15,19H,1,3-4,7-8,11-12H2,(H,18,20). The van der Waals surface area contributed by atoms with Gasteiger partial charge in [-0.15, -0.1) is 0 Å². The number of aliphatic hydroxyl groups is 1. The van der Waals surface area contributed by atoms with Crippen LogP contribution < -0.4 is 10.1 Å². The average molecular weight is 289 g/mol. The molecule has 0 saturated heterocycles. The van der Waals surface area contributed by atoms with E-state index in [0.717, 1.165) is 31.4 Å². The summed E-state index contributed by atoms with van der Waals surface area (Å²) in [4.78, 5) is 12.1. The van der Waals surface area contributed by atoms with Gasteiger partial charge in [-0.3, -0.25) is 4.79 Å². The van der Waals surface area contributed by atoms with E-state index in [1.165, 1.54) is 0 Å². The predicted octanol–water partition coefficient (Wildman–Crippen LogP) is 2.53. The molecule has 0 aromatic heterocycles. The van der Waals surface area contributed by atoms with Gasteiger partial charge in [0.1, 0.15) is 12.4 Å². The van der Waals surface area contributed by atoms with Crippen molar-refractivity contribution in [2.45, 2.75) is 31.8 Å². The molecule has 0 heterocycles. The van der Waals surface area contributed by atoms with Gasteiger partial charge in [0, 0.05) is 12.1 Å². The number of amides is 1. The van der Waals surface area contributed by atoms with Crippen molar-refractivity contribution in [1.82, 2.24) is 5.32 Å². The second-order valence-electron chi connectivity index (χ2n) is 5.51. The first-order valence-corrected chi connectivity index (χ1v) is 7.49. The second-order valence-corrected chi connectivity index (χ2v) is 5.51. The quantitative estimate of drug-likeness (QED) is 0.791. The molecule has 1 aliphatic carbocycles. The van der Waals surface area contributed by atoms with E-state index in [9.17, 15) is 9.90 Å². The summed E-state index contributed by atoms with van der Waals surface area (Å²) >= 11 is 0. The highest BCUT2D eigenvalue weighted by molar-refractivity contribution is 5.94. The van der Waals surface area contributed by atoms with Crippen LogP contribution in [0.2, 0.25) is 0 Å². The molecule has 0 radical (unpaired) electrons. The summed E-state index contributed by atoms with van der Waals surface area (Å²) in [5.74, 6) is 1.15. The molecule has 1 aromatic rings. The minimum absolute atomic E-state index is 0.0589. The van der Waals surface area contributed by atoms with Crippen LogP contribution in [0.4, 0.5) is 0 Å². The summed E-state index contributed by atoms with van der Waals surface area (Å²) in [7, 11) is 0. The molecular formula is C17H23NO3. The molecule has 4 heteroatoms. The molecule has 2 rings (SSSR count). The van der Waals surface area contributed by atoms with Crippen LogP contribution >= 0.6 is 0 Å². The van der Waals surface area contributed by atoms with Gasteiger partial charge < -0.3 is 15.2 Å². The van der Waals surface area contributed by atoms with E-state index < -0.39 is 0 Å². The maximum atomic E-state index is 12.1. The van der Waals surface area contributed by atoms with Crippen molar-refractivity contribution in [1.29, 1.82) is 0 Å². The van der Waals surface area contributed by atoms with E-state index in [1.807, 2.05) is 0 Å². The van der Waals surface area contributed by atoms with Crippen molar-refractivity contribution >= 4 is 5.91 Å². The summed E-state index contributed by atoms with van der Waals surface area (Å²) in [6.45, 7) is 4.73. The average Bonchev–Trinajstić information content (AvgIpc) is 2.52. The van der Waals surface area contributed by atoms with E-state index in [1.54, 1.807) is 30.3 Å². The Morgan fingerprint density at radius 2 is 1.95 bits per heavy atom. The molecule has 0 spiro atoms. The van der Waals surface area contributed by atoms with Crippen molar-refractivity contribution in [2.24, 2.45) is 5.92 Å². The highest BCUT2D eigenvalue weighted by atomic mass is 16.5. The molecule has 2 N–H and O–H groups in total. The monoisotopic (exact) mass is 289 g/mol. The number of carbonyl (C=O) groups excluding carboxylic acids is 1. The fourth-order valence-corrected chi connectivity index (χ4v) is 2.55. The molecule has 114 valence electrons. The Kier molecular flexibility index (Phi) is 5.81. The first-order valence-electron chi connectivity index (χ1n) is 7.49. The lowest BCUT2D eigenvalue weighted by atomic mass is 9.87. The number of hydrogen-bond acceptors (Lipinski definition) is 3. The van der Waals surface area contributed by atoms with Crippen LogP contribution in [0, 0.1) is 5.92 Å². The van der Waals surface area contributed by atoms with Gasteiger partial charge in [-0.05, 0) is 55.9 Å². The lowest BCUT2D eigenvalue weighted by molar-refractivity contribution is 0.0910. The van der Waals surface area contributed by atoms with E-state index in [-0.39, 0.29) is 12.0 Å². The molecular weight excluding hydrogens is 266 g/mol. The first-order chi connectivity index (χ1) is 10.2. The van der Waals surface area contributed by atoms with Gasteiger partial charge in [0.05, 0.1) is 6.10 Å². The van der Waals surface area contributed by atoms with E-state index in [4.69, 9.17) is 4.74 Å². The van der Waals surface area contributed by atoms with Crippen molar-refractivity contribution in [3.05, 3.63) is 42.5 Å². The van der Waals surface area contributed by atoms with Crippen LogP contribution in [0.5, 0.6) is 5.75 Å². The van der Waals surface area contributed by atoms with E-state index in [2.05, 4.69) is 11.9 Å². The summed E-state index contributed by atoms with van der Waals surface area (Å²) in [5, 5.41) is 12.4. The van der Waals surface area contributed by atoms with Crippen LogP contribution in [-0.4, -0.2) is 30.3 Å². The number of benzene rings is 1. The number of aliphatic hydroxyl groups excluding tert-OH is 1. The molecule has 0 atom stereocenters. The molecule has 1 amide bonds. The number of rotatable bonds is 6. The molecule has 0 bridgehead atoms. The summed E-state index contributed by atoms with van der Waals surface area (Å²) in [6, 6.07) is 7.10. The number of ether oxygens (including phenoxy) is 1.